The van der Waals surface area contributed by atoms with Crippen molar-refractivity contribution in [3.05, 3.63) is 65.7 Å². The first-order valence-electron chi connectivity index (χ1n) is 13.5. The highest BCUT2D eigenvalue weighted by atomic mass is 16.3. The average Bonchev–Trinajstić information content (AvgIpc) is 2.95. The van der Waals surface area contributed by atoms with E-state index in [0.717, 1.165) is 5.56 Å². The fraction of sp³-hybridized carbons (Fsp3) is 0.357. The molecule has 0 aliphatic heterocycles. The summed E-state index contributed by atoms with van der Waals surface area (Å²) in [4.78, 5) is 59.5. The van der Waals surface area contributed by atoms with Gasteiger partial charge in [-0.15, -0.1) is 0 Å². The Labute approximate surface area is 249 Å². The summed E-state index contributed by atoms with van der Waals surface area (Å²) < 4.78 is 0. The fourth-order valence-electron chi connectivity index (χ4n) is 3.99. The van der Waals surface area contributed by atoms with Crippen LogP contribution in [-0.4, -0.2) is 71.4 Å². The molecule has 0 aliphatic carbocycles. The number of primary amides is 1. The Kier molecular flexibility index (Phi) is 13.2. The smallest absolute Gasteiger partial charge is 0.245 e. The Bertz CT molecular complexity index is 1290. The number of carbonyl (C=O) groups excluding carboxylic acids is 4. The minimum Gasteiger partial charge on any atom is -0.508 e. The summed E-state index contributed by atoms with van der Waals surface area (Å²) in [6, 6.07) is 10.7. The Balaban J connectivity index is 2.31. The third-order valence-electron chi connectivity index (χ3n) is 6.25. The molecule has 0 saturated heterocycles. The van der Waals surface area contributed by atoms with E-state index in [1.807, 2.05) is 0 Å². The van der Waals surface area contributed by atoms with E-state index >= 15 is 0 Å². The fourth-order valence-corrected chi connectivity index (χ4v) is 3.99. The number of aliphatic imine (C=N–C) groups is 2. The second-order valence-corrected chi connectivity index (χ2v) is 9.83. The zero-order valence-corrected chi connectivity index (χ0v) is 23.9. The number of carbonyl (C=O) groups is 4. The predicted molar refractivity (Wildman–Crippen MR) is 162 cm³/mol. The van der Waals surface area contributed by atoms with E-state index in [1.54, 1.807) is 42.5 Å². The molecule has 0 saturated carbocycles. The number of hydrogen-bond acceptors (Lipinski definition) is 7. The summed E-state index contributed by atoms with van der Waals surface area (Å²) in [6.45, 7) is 1.60. The van der Waals surface area contributed by atoms with Gasteiger partial charge < -0.3 is 49.7 Å². The van der Waals surface area contributed by atoms with Gasteiger partial charge in [-0.05, 0) is 43.0 Å². The molecular weight excluding hydrogens is 556 g/mol. The predicted octanol–water partition coefficient (Wildman–Crippen LogP) is -2.17. The van der Waals surface area contributed by atoms with Crippen LogP contribution in [0.2, 0.25) is 0 Å². The molecule has 14 N–H and O–H groups in total. The summed E-state index contributed by atoms with van der Waals surface area (Å²) in [6.07, 6.45) is 0.557. The van der Waals surface area contributed by atoms with Gasteiger partial charge in [0.1, 0.15) is 29.9 Å². The van der Waals surface area contributed by atoms with Gasteiger partial charge >= 0.3 is 0 Å². The first-order chi connectivity index (χ1) is 20.3. The largest absolute Gasteiger partial charge is 0.508 e. The van der Waals surface area contributed by atoms with E-state index in [4.69, 9.17) is 28.7 Å². The van der Waals surface area contributed by atoms with Crippen LogP contribution < -0.4 is 44.6 Å². The van der Waals surface area contributed by atoms with Crippen LogP contribution in [0.15, 0.2) is 64.6 Å². The molecule has 2 aromatic carbocycles. The number of aromatic hydroxyl groups is 1. The lowest BCUT2D eigenvalue weighted by Crippen LogP contribution is -2.57. The molecule has 4 amide bonds. The number of rotatable bonds is 16. The van der Waals surface area contributed by atoms with Crippen molar-refractivity contribution in [1.29, 1.82) is 0 Å². The summed E-state index contributed by atoms with van der Waals surface area (Å²) in [5.74, 6) is -3.14. The van der Waals surface area contributed by atoms with Gasteiger partial charge in [-0.25, -0.2) is 4.99 Å². The molecule has 0 aliphatic rings. The van der Waals surface area contributed by atoms with Crippen LogP contribution in [0.4, 0.5) is 0 Å². The van der Waals surface area contributed by atoms with Crippen molar-refractivity contribution in [3.8, 4) is 5.75 Å². The molecule has 0 radical (unpaired) electrons. The van der Waals surface area contributed by atoms with Crippen LogP contribution in [-0.2, 0) is 32.0 Å². The molecule has 0 bridgehead atoms. The standard InChI is InChI=1S/C28H40N10O5/c1-16(23(29)40)35-25(42)21(14-17-6-3-2-4-7-17)37-24(41)20(8-5-13-34-27(30)31)36-26(43)22(38-28(32)33)15-18-9-11-19(39)12-10-18/h2-4,6-7,9-12,16,20-22,39H,5,8,13-15H2,1H3,(H2,29,40)(H,35,42)(H,36,43)(H,37,41)(H4,30,31,34)(H4,32,33,38)/t16-,20-,21+,22+/m1/s1. The molecule has 0 spiro atoms. The lowest BCUT2D eigenvalue weighted by molar-refractivity contribution is -0.133. The molecule has 2 rings (SSSR count). The van der Waals surface area contributed by atoms with Gasteiger partial charge in [-0.3, -0.25) is 24.2 Å². The molecule has 0 fully saturated rings. The number of phenolic OH excluding ortho intramolecular Hbond substituents is 1. The molecular formula is C28H40N10O5. The van der Waals surface area contributed by atoms with Crippen molar-refractivity contribution >= 4 is 35.5 Å². The zero-order chi connectivity index (χ0) is 31.9. The topological polar surface area (TPSA) is 279 Å². The van der Waals surface area contributed by atoms with E-state index in [1.165, 1.54) is 19.1 Å². The van der Waals surface area contributed by atoms with Crippen molar-refractivity contribution < 1.29 is 24.3 Å². The average molecular weight is 597 g/mol. The zero-order valence-electron chi connectivity index (χ0n) is 23.9. The highest BCUT2D eigenvalue weighted by Crippen LogP contribution is 2.13. The molecule has 43 heavy (non-hydrogen) atoms. The van der Waals surface area contributed by atoms with E-state index in [0.29, 0.717) is 12.0 Å². The van der Waals surface area contributed by atoms with E-state index in [-0.39, 0.29) is 43.5 Å². The Morgan fingerprint density at radius 3 is 1.91 bits per heavy atom. The third kappa shape index (κ3) is 12.4. The highest BCUT2D eigenvalue weighted by molar-refractivity contribution is 5.95. The van der Waals surface area contributed by atoms with Gasteiger partial charge in [0.2, 0.25) is 23.6 Å². The Morgan fingerprint density at radius 2 is 1.33 bits per heavy atom. The number of amides is 4. The van der Waals surface area contributed by atoms with Crippen molar-refractivity contribution in [2.45, 2.75) is 56.8 Å². The normalized spacial score (nSPS) is 13.3. The molecule has 232 valence electrons. The minimum atomic E-state index is -1.14. The van der Waals surface area contributed by atoms with Crippen LogP contribution in [0, 0.1) is 0 Å². The number of nitrogens with two attached hydrogens (primary N) is 5. The van der Waals surface area contributed by atoms with Gasteiger partial charge in [-0.2, -0.15) is 0 Å². The van der Waals surface area contributed by atoms with Crippen LogP contribution in [0.3, 0.4) is 0 Å². The van der Waals surface area contributed by atoms with E-state index in [9.17, 15) is 24.3 Å². The molecule has 4 atom stereocenters. The number of nitrogens with one attached hydrogen (secondary N) is 3. The number of hydrogen-bond donors (Lipinski definition) is 9. The number of nitrogens with zero attached hydrogens (tertiary/aromatic N) is 2. The third-order valence-corrected chi connectivity index (χ3v) is 6.25. The lowest BCUT2D eigenvalue weighted by atomic mass is 10.0. The van der Waals surface area contributed by atoms with Crippen LogP contribution in [0.5, 0.6) is 5.75 Å². The van der Waals surface area contributed by atoms with Gasteiger partial charge in [0.05, 0.1) is 0 Å². The Hall–Kier alpha value is -5.34. The summed E-state index contributed by atoms with van der Waals surface area (Å²) >= 11 is 0. The minimum absolute atomic E-state index is 0.0448. The van der Waals surface area contributed by atoms with Gasteiger partial charge in [-0.1, -0.05) is 42.5 Å². The van der Waals surface area contributed by atoms with Crippen molar-refractivity contribution in [2.75, 3.05) is 6.54 Å². The molecule has 0 unspecified atom stereocenters. The number of guanidine groups is 2. The maximum Gasteiger partial charge on any atom is 0.245 e. The van der Waals surface area contributed by atoms with Crippen molar-refractivity contribution in [2.24, 2.45) is 38.7 Å². The maximum absolute atomic E-state index is 13.6. The first-order valence-corrected chi connectivity index (χ1v) is 13.5. The van der Waals surface area contributed by atoms with E-state index in [2.05, 4.69) is 25.9 Å². The highest BCUT2D eigenvalue weighted by Gasteiger charge is 2.30. The maximum atomic E-state index is 13.6. The summed E-state index contributed by atoms with van der Waals surface area (Å²) in [5, 5.41) is 17.4. The summed E-state index contributed by atoms with van der Waals surface area (Å²) in [5.41, 5.74) is 28.6. The SMILES string of the molecule is C[C@@H](NC(=O)[C@H](Cc1ccccc1)NC(=O)[C@@H](CCCN=C(N)N)NC(=O)[C@H](Cc1ccc(O)cc1)N=C(N)N)C(N)=O. The second-order valence-electron chi connectivity index (χ2n) is 9.83. The first kappa shape index (κ1) is 33.9. The van der Waals surface area contributed by atoms with Crippen LogP contribution in [0.25, 0.3) is 0 Å². The Morgan fingerprint density at radius 1 is 0.744 bits per heavy atom. The number of phenols is 1. The lowest BCUT2D eigenvalue weighted by Gasteiger charge is -2.25. The van der Waals surface area contributed by atoms with Crippen LogP contribution in [0.1, 0.15) is 30.9 Å². The molecule has 2 aromatic rings. The molecule has 15 nitrogen and oxygen atoms in total. The summed E-state index contributed by atoms with van der Waals surface area (Å²) in [7, 11) is 0. The molecule has 0 heterocycles. The second kappa shape index (κ2) is 16.8. The van der Waals surface area contributed by atoms with Crippen molar-refractivity contribution in [1.82, 2.24) is 16.0 Å². The van der Waals surface area contributed by atoms with Crippen LogP contribution >= 0.6 is 0 Å². The number of benzene rings is 2. The quantitative estimate of drug-likeness (QED) is 0.0578. The van der Waals surface area contributed by atoms with Gasteiger partial charge in [0.15, 0.2) is 11.9 Å². The van der Waals surface area contributed by atoms with E-state index < -0.39 is 47.8 Å². The van der Waals surface area contributed by atoms with Crippen molar-refractivity contribution in [3.63, 3.8) is 0 Å². The van der Waals surface area contributed by atoms with Gasteiger partial charge in [0, 0.05) is 19.4 Å². The molecule has 15 heteroatoms. The van der Waals surface area contributed by atoms with Gasteiger partial charge in [0.25, 0.3) is 0 Å². The molecule has 0 aromatic heterocycles. The monoisotopic (exact) mass is 596 g/mol.